The van der Waals surface area contributed by atoms with E-state index in [-0.39, 0.29) is 17.9 Å². The molecule has 2 fully saturated rings. The smallest absolute Gasteiger partial charge is 0.213 e. The predicted molar refractivity (Wildman–Crippen MR) is 68.0 cm³/mol. The van der Waals surface area contributed by atoms with Crippen LogP contribution in [0.2, 0.25) is 0 Å². The fourth-order valence-electron chi connectivity index (χ4n) is 2.26. The van der Waals surface area contributed by atoms with Crippen LogP contribution in [0.15, 0.2) is 0 Å². The fraction of sp³-hybridized carbons (Fsp3) is 1.00. The molecule has 2 atom stereocenters. The Bertz CT molecular complexity index is 335. The minimum atomic E-state index is -3.23. The highest BCUT2D eigenvalue weighted by molar-refractivity contribution is 7.89. The summed E-state index contributed by atoms with van der Waals surface area (Å²) in [4.78, 5) is 0. The van der Waals surface area contributed by atoms with Crippen LogP contribution in [0, 0.1) is 0 Å². The van der Waals surface area contributed by atoms with Crippen LogP contribution in [-0.2, 0) is 19.5 Å². The van der Waals surface area contributed by atoms with E-state index in [9.17, 15) is 8.42 Å². The van der Waals surface area contributed by atoms with Crippen molar-refractivity contribution < 1.29 is 17.9 Å². The van der Waals surface area contributed by atoms with Crippen molar-refractivity contribution in [2.24, 2.45) is 0 Å². The van der Waals surface area contributed by atoms with E-state index >= 15 is 0 Å². The lowest BCUT2D eigenvalue weighted by atomic mass is 10.1. The highest BCUT2D eigenvalue weighted by Crippen LogP contribution is 2.09. The SMILES string of the molecule is O=S(=O)(CC1CCCCN1)NCC1COCCO1. The summed E-state index contributed by atoms with van der Waals surface area (Å²) >= 11 is 0. The largest absolute Gasteiger partial charge is 0.376 e. The lowest BCUT2D eigenvalue weighted by molar-refractivity contribution is -0.0847. The van der Waals surface area contributed by atoms with E-state index < -0.39 is 10.0 Å². The van der Waals surface area contributed by atoms with Crippen LogP contribution in [0.1, 0.15) is 19.3 Å². The van der Waals surface area contributed by atoms with Crippen molar-refractivity contribution in [2.75, 3.05) is 38.7 Å². The van der Waals surface area contributed by atoms with Crippen molar-refractivity contribution in [3.05, 3.63) is 0 Å². The van der Waals surface area contributed by atoms with Gasteiger partial charge >= 0.3 is 0 Å². The maximum atomic E-state index is 11.9. The summed E-state index contributed by atoms with van der Waals surface area (Å²) in [6.07, 6.45) is 3.02. The fourth-order valence-corrected chi connectivity index (χ4v) is 3.64. The van der Waals surface area contributed by atoms with E-state index in [0.717, 1.165) is 25.8 Å². The Morgan fingerprint density at radius 2 is 2.17 bits per heavy atom. The van der Waals surface area contributed by atoms with Crippen LogP contribution >= 0.6 is 0 Å². The summed E-state index contributed by atoms with van der Waals surface area (Å²) in [6, 6.07) is 0.0831. The maximum absolute atomic E-state index is 11.9. The topological polar surface area (TPSA) is 76.7 Å². The Labute approximate surface area is 108 Å². The maximum Gasteiger partial charge on any atom is 0.213 e. The molecule has 0 aromatic rings. The summed E-state index contributed by atoms with van der Waals surface area (Å²) in [5, 5.41) is 3.24. The van der Waals surface area contributed by atoms with Crippen molar-refractivity contribution >= 4 is 10.0 Å². The van der Waals surface area contributed by atoms with Gasteiger partial charge in [-0.05, 0) is 19.4 Å². The van der Waals surface area contributed by atoms with Gasteiger partial charge in [0.15, 0.2) is 0 Å². The summed E-state index contributed by atoms with van der Waals surface area (Å²) in [7, 11) is -3.23. The molecule has 0 aromatic carbocycles. The van der Waals surface area contributed by atoms with E-state index in [0.29, 0.717) is 26.4 Å². The number of hydrogen-bond acceptors (Lipinski definition) is 5. The van der Waals surface area contributed by atoms with Crippen molar-refractivity contribution in [3.8, 4) is 0 Å². The van der Waals surface area contributed by atoms with Crippen LogP contribution in [0.5, 0.6) is 0 Å². The second kappa shape index (κ2) is 6.81. The van der Waals surface area contributed by atoms with Crippen LogP contribution in [0.3, 0.4) is 0 Å². The molecule has 2 unspecified atom stereocenters. The van der Waals surface area contributed by atoms with E-state index in [1.54, 1.807) is 0 Å². The zero-order valence-electron chi connectivity index (χ0n) is 10.6. The highest BCUT2D eigenvalue weighted by Gasteiger charge is 2.22. The number of rotatable bonds is 5. The Hall–Kier alpha value is -0.210. The second-order valence-electron chi connectivity index (χ2n) is 4.84. The van der Waals surface area contributed by atoms with Gasteiger partial charge < -0.3 is 14.8 Å². The minimum absolute atomic E-state index is 0.0831. The average Bonchev–Trinajstić information content (AvgIpc) is 2.38. The molecule has 106 valence electrons. The third-order valence-corrected chi connectivity index (χ3v) is 4.70. The zero-order chi connectivity index (χ0) is 12.8. The first-order valence-corrected chi connectivity index (χ1v) is 8.21. The minimum Gasteiger partial charge on any atom is -0.376 e. The molecule has 2 N–H and O–H groups in total. The van der Waals surface area contributed by atoms with Gasteiger partial charge in [0.05, 0.1) is 31.7 Å². The van der Waals surface area contributed by atoms with Gasteiger partial charge in [-0.3, -0.25) is 0 Å². The molecule has 2 aliphatic rings. The standard InChI is InChI=1S/C11H22N2O4S/c14-18(15,9-10-3-1-2-4-12-10)13-7-11-8-16-5-6-17-11/h10-13H,1-9H2. The first kappa shape index (κ1) is 14.2. The third-order valence-electron chi connectivity index (χ3n) is 3.25. The molecular weight excluding hydrogens is 256 g/mol. The van der Waals surface area contributed by atoms with Gasteiger partial charge in [0.25, 0.3) is 0 Å². The molecular formula is C11H22N2O4S. The van der Waals surface area contributed by atoms with Gasteiger partial charge in [0.1, 0.15) is 0 Å². The zero-order valence-corrected chi connectivity index (χ0v) is 11.4. The summed E-state index contributed by atoms with van der Waals surface area (Å²) in [5.41, 5.74) is 0. The summed E-state index contributed by atoms with van der Waals surface area (Å²) in [5.74, 6) is 0.153. The normalized spacial score (nSPS) is 30.2. The number of piperidine rings is 1. The Morgan fingerprint density at radius 1 is 1.28 bits per heavy atom. The first-order chi connectivity index (χ1) is 8.66. The molecule has 7 heteroatoms. The molecule has 0 saturated carbocycles. The third kappa shape index (κ3) is 4.81. The average molecular weight is 278 g/mol. The monoisotopic (exact) mass is 278 g/mol. The molecule has 0 spiro atoms. The summed E-state index contributed by atoms with van der Waals surface area (Å²) < 4.78 is 37.0. The van der Waals surface area contributed by atoms with Gasteiger partial charge in [0.2, 0.25) is 10.0 Å². The van der Waals surface area contributed by atoms with Crippen molar-refractivity contribution in [2.45, 2.75) is 31.4 Å². The number of nitrogens with one attached hydrogen (secondary N) is 2. The molecule has 0 radical (unpaired) electrons. The molecule has 2 heterocycles. The van der Waals surface area contributed by atoms with Gasteiger partial charge in [-0.1, -0.05) is 6.42 Å². The highest BCUT2D eigenvalue weighted by atomic mass is 32.2. The lowest BCUT2D eigenvalue weighted by Gasteiger charge is -2.25. The van der Waals surface area contributed by atoms with Crippen LogP contribution in [-0.4, -0.2) is 59.2 Å². The predicted octanol–water partition coefficient (Wildman–Crippen LogP) is -0.537. The van der Waals surface area contributed by atoms with E-state index in [1.807, 2.05) is 0 Å². The van der Waals surface area contributed by atoms with Crippen molar-refractivity contribution in [1.29, 1.82) is 0 Å². The number of hydrogen-bond donors (Lipinski definition) is 2. The molecule has 18 heavy (non-hydrogen) atoms. The Kier molecular flexibility index (Phi) is 5.38. The molecule has 0 aliphatic carbocycles. The van der Waals surface area contributed by atoms with Gasteiger partial charge in [-0.25, -0.2) is 13.1 Å². The molecule has 0 bridgehead atoms. The van der Waals surface area contributed by atoms with Crippen LogP contribution in [0.25, 0.3) is 0 Å². The van der Waals surface area contributed by atoms with E-state index in [1.165, 1.54) is 0 Å². The van der Waals surface area contributed by atoms with Gasteiger partial charge in [-0.2, -0.15) is 0 Å². The first-order valence-electron chi connectivity index (χ1n) is 6.56. The number of ether oxygens (including phenoxy) is 2. The molecule has 0 amide bonds. The Morgan fingerprint density at radius 3 is 2.83 bits per heavy atom. The molecule has 2 aliphatic heterocycles. The van der Waals surface area contributed by atoms with Crippen molar-refractivity contribution in [3.63, 3.8) is 0 Å². The quantitative estimate of drug-likeness (QED) is 0.706. The molecule has 0 aromatic heterocycles. The van der Waals surface area contributed by atoms with Crippen molar-refractivity contribution in [1.82, 2.24) is 10.0 Å². The lowest BCUT2D eigenvalue weighted by Crippen LogP contribution is -2.45. The summed E-state index contributed by atoms with van der Waals surface area (Å²) in [6.45, 7) is 2.81. The number of sulfonamides is 1. The van der Waals surface area contributed by atoms with E-state index in [4.69, 9.17) is 9.47 Å². The van der Waals surface area contributed by atoms with E-state index in [2.05, 4.69) is 10.0 Å². The molecule has 2 saturated heterocycles. The second-order valence-corrected chi connectivity index (χ2v) is 6.70. The van der Waals surface area contributed by atoms with Crippen LogP contribution < -0.4 is 10.0 Å². The van der Waals surface area contributed by atoms with Crippen LogP contribution in [0.4, 0.5) is 0 Å². The molecule has 2 rings (SSSR count). The van der Waals surface area contributed by atoms with Gasteiger partial charge in [0, 0.05) is 12.6 Å². The van der Waals surface area contributed by atoms with Gasteiger partial charge in [-0.15, -0.1) is 0 Å². The Balaban J connectivity index is 1.72. The molecule has 6 nitrogen and oxygen atoms in total.